The lowest BCUT2D eigenvalue weighted by Crippen LogP contribution is -2.33. The number of nitrogens with two attached hydrogens (primary N) is 1. The van der Waals surface area contributed by atoms with Crippen LogP contribution in [0.3, 0.4) is 0 Å². The van der Waals surface area contributed by atoms with Crippen molar-refractivity contribution in [3.05, 3.63) is 63.7 Å². The molecule has 2 aromatic rings. The van der Waals surface area contributed by atoms with Gasteiger partial charge in [-0.3, -0.25) is 24.5 Å². The maximum Gasteiger partial charge on any atom is 0.416 e. The number of thioether (sulfide) groups is 1. The lowest BCUT2D eigenvalue weighted by molar-refractivity contribution is -0.388. The van der Waals surface area contributed by atoms with Crippen LogP contribution in [0.5, 0.6) is 0 Å². The third kappa shape index (κ3) is 6.99. The molecule has 13 heteroatoms. The van der Waals surface area contributed by atoms with Crippen molar-refractivity contribution in [1.82, 2.24) is 5.32 Å². The van der Waals surface area contributed by atoms with E-state index >= 15 is 0 Å². The Balaban J connectivity index is 1.98. The zero-order chi connectivity index (χ0) is 23.2. The number of primary amides is 1. The monoisotopic (exact) mass is 456 g/mol. The molecule has 0 aliphatic rings. The molecule has 31 heavy (non-hydrogen) atoms. The first-order chi connectivity index (χ1) is 14.5. The quantitative estimate of drug-likeness (QED) is 0.316. The van der Waals surface area contributed by atoms with E-state index in [-0.39, 0.29) is 22.8 Å². The Morgan fingerprint density at radius 2 is 1.74 bits per heavy atom. The van der Waals surface area contributed by atoms with Gasteiger partial charge in [0.2, 0.25) is 11.8 Å². The highest BCUT2D eigenvalue weighted by molar-refractivity contribution is 8.00. The maximum atomic E-state index is 12.7. The highest BCUT2D eigenvalue weighted by Crippen LogP contribution is 2.36. The minimum Gasteiger partial charge on any atom is -0.368 e. The van der Waals surface area contributed by atoms with Crippen LogP contribution in [0.25, 0.3) is 0 Å². The number of nitro benzene ring substituents is 1. The van der Waals surface area contributed by atoms with Crippen molar-refractivity contribution in [1.29, 1.82) is 0 Å². The van der Waals surface area contributed by atoms with E-state index in [0.29, 0.717) is 29.6 Å². The average molecular weight is 456 g/mol. The zero-order valence-electron chi connectivity index (χ0n) is 15.6. The van der Waals surface area contributed by atoms with Crippen LogP contribution in [0, 0.1) is 10.1 Å². The molecule has 0 fully saturated rings. The molecule has 0 aliphatic heterocycles. The van der Waals surface area contributed by atoms with Gasteiger partial charge in [0, 0.05) is 17.3 Å². The number of nitrogens with zero attached hydrogens (tertiary/aromatic N) is 1. The minimum atomic E-state index is -4.73. The molecular weight excluding hydrogens is 441 g/mol. The Kier molecular flexibility index (Phi) is 7.58. The molecule has 3 amide bonds. The Labute approximate surface area is 177 Å². The summed E-state index contributed by atoms with van der Waals surface area (Å²) >= 11 is 0.710. The van der Waals surface area contributed by atoms with Gasteiger partial charge >= 0.3 is 6.18 Å². The summed E-state index contributed by atoms with van der Waals surface area (Å²) in [4.78, 5) is 44.6. The predicted octanol–water partition coefficient (Wildman–Crippen LogP) is 2.56. The molecule has 0 radical (unpaired) electrons. The zero-order valence-corrected chi connectivity index (χ0v) is 16.4. The van der Waals surface area contributed by atoms with E-state index in [0.717, 1.165) is 6.07 Å². The van der Waals surface area contributed by atoms with Crippen molar-refractivity contribution >= 4 is 40.9 Å². The number of hydrogen-bond acceptors (Lipinski definition) is 6. The maximum absolute atomic E-state index is 12.7. The number of benzene rings is 2. The second-order valence-electron chi connectivity index (χ2n) is 6.00. The Bertz CT molecular complexity index is 1010. The first-order valence-corrected chi connectivity index (χ1v) is 9.41. The van der Waals surface area contributed by atoms with Crippen LogP contribution < -0.4 is 16.4 Å². The molecule has 0 spiro atoms. The van der Waals surface area contributed by atoms with E-state index in [2.05, 4.69) is 10.6 Å². The van der Waals surface area contributed by atoms with E-state index in [1.165, 1.54) is 24.3 Å². The number of alkyl halides is 3. The fourth-order valence-electron chi connectivity index (χ4n) is 2.27. The van der Waals surface area contributed by atoms with Crippen LogP contribution in [0.4, 0.5) is 24.5 Å². The lowest BCUT2D eigenvalue weighted by Gasteiger charge is -2.09. The predicted molar refractivity (Wildman–Crippen MR) is 105 cm³/mol. The average Bonchev–Trinajstić information content (AvgIpc) is 2.70. The molecule has 2 rings (SSSR count). The highest BCUT2D eigenvalue weighted by Gasteiger charge is 2.33. The number of nitro groups is 1. The first kappa shape index (κ1) is 23.7. The van der Waals surface area contributed by atoms with Crippen molar-refractivity contribution in [2.45, 2.75) is 11.1 Å². The number of rotatable bonds is 8. The fraction of sp³-hybridized carbons (Fsp3) is 0.167. The normalized spacial score (nSPS) is 10.9. The molecular formula is C18H15F3N4O5S. The third-order valence-corrected chi connectivity index (χ3v) is 4.76. The number of amides is 3. The molecule has 9 nitrogen and oxygen atoms in total. The number of nitrogens with one attached hydrogen (secondary N) is 2. The van der Waals surface area contributed by atoms with Gasteiger partial charge < -0.3 is 16.4 Å². The number of hydrogen-bond donors (Lipinski definition) is 3. The lowest BCUT2D eigenvalue weighted by atomic mass is 10.2. The molecule has 0 heterocycles. The van der Waals surface area contributed by atoms with Gasteiger partial charge in [-0.25, -0.2) is 0 Å². The van der Waals surface area contributed by atoms with Gasteiger partial charge in [0.25, 0.3) is 11.6 Å². The molecule has 2 aromatic carbocycles. The Morgan fingerprint density at radius 1 is 1.10 bits per heavy atom. The minimum absolute atomic E-state index is 0.0883. The molecule has 0 atom stereocenters. The highest BCUT2D eigenvalue weighted by atomic mass is 32.2. The van der Waals surface area contributed by atoms with Crippen LogP contribution in [-0.2, 0) is 15.8 Å². The van der Waals surface area contributed by atoms with Gasteiger partial charge in [-0.15, -0.1) is 11.8 Å². The van der Waals surface area contributed by atoms with Crippen LogP contribution in [0.1, 0.15) is 15.9 Å². The SMILES string of the molecule is NC(=O)CNC(=O)c1ccc(NC(=O)CSc2ccc(C(F)(F)F)cc2[N+](=O)[O-])cc1. The van der Waals surface area contributed by atoms with Gasteiger partial charge in [0.1, 0.15) is 0 Å². The van der Waals surface area contributed by atoms with Gasteiger partial charge in [-0.05, 0) is 36.4 Å². The summed E-state index contributed by atoms with van der Waals surface area (Å²) in [6, 6.07) is 7.68. The van der Waals surface area contributed by atoms with E-state index in [4.69, 9.17) is 5.73 Å². The van der Waals surface area contributed by atoms with Crippen molar-refractivity contribution in [2.24, 2.45) is 5.73 Å². The molecule has 4 N–H and O–H groups in total. The van der Waals surface area contributed by atoms with Crippen LogP contribution in [0.15, 0.2) is 47.4 Å². The summed E-state index contributed by atoms with van der Waals surface area (Å²) in [6.45, 7) is -0.329. The second kappa shape index (κ2) is 9.93. The molecule has 0 unspecified atom stereocenters. The Morgan fingerprint density at radius 3 is 2.29 bits per heavy atom. The van der Waals surface area contributed by atoms with E-state index in [1.807, 2.05) is 0 Å². The van der Waals surface area contributed by atoms with Crippen LogP contribution in [-0.4, -0.2) is 34.9 Å². The van der Waals surface area contributed by atoms with Crippen molar-refractivity contribution in [2.75, 3.05) is 17.6 Å². The first-order valence-electron chi connectivity index (χ1n) is 8.42. The standard InChI is InChI=1S/C18H15F3N4O5S/c19-18(20,21)11-3-6-14(13(7-11)25(29)30)31-9-16(27)24-12-4-1-10(2-5-12)17(28)23-8-15(22)26/h1-7H,8-9H2,(H2,22,26)(H,23,28)(H,24,27). The molecule has 164 valence electrons. The summed E-state index contributed by atoms with van der Waals surface area (Å²) in [6.07, 6.45) is -4.73. The number of anilines is 1. The second-order valence-corrected chi connectivity index (χ2v) is 7.02. The third-order valence-electron chi connectivity index (χ3n) is 3.70. The topological polar surface area (TPSA) is 144 Å². The van der Waals surface area contributed by atoms with Gasteiger partial charge in [0.15, 0.2) is 0 Å². The van der Waals surface area contributed by atoms with Crippen molar-refractivity contribution < 1.29 is 32.5 Å². The van der Waals surface area contributed by atoms with Crippen molar-refractivity contribution in [3.63, 3.8) is 0 Å². The van der Waals surface area contributed by atoms with Gasteiger partial charge in [-0.1, -0.05) is 0 Å². The summed E-state index contributed by atoms with van der Waals surface area (Å²) in [7, 11) is 0. The summed E-state index contributed by atoms with van der Waals surface area (Å²) in [5, 5.41) is 15.9. The van der Waals surface area contributed by atoms with Gasteiger partial charge in [0.05, 0.1) is 27.7 Å². The van der Waals surface area contributed by atoms with Crippen LogP contribution >= 0.6 is 11.8 Å². The van der Waals surface area contributed by atoms with E-state index in [9.17, 15) is 37.7 Å². The molecule has 0 aliphatic carbocycles. The summed E-state index contributed by atoms with van der Waals surface area (Å²) < 4.78 is 38.2. The van der Waals surface area contributed by atoms with Crippen molar-refractivity contribution in [3.8, 4) is 0 Å². The number of carbonyl (C=O) groups excluding carboxylic acids is 3. The molecule has 0 saturated heterocycles. The van der Waals surface area contributed by atoms with E-state index < -0.39 is 40.1 Å². The largest absolute Gasteiger partial charge is 0.416 e. The van der Waals surface area contributed by atoms with Gasteiger partial charge in [-0.2, -0.15) is 13.2 Å². The number of halogens is 3. The molecule has 0 aromatic heterocycles. The van der Waals surface area contributed by atoms with E-state index in [1.54, 1.807) is 0 Å². The summed E-state index contributed by atoms with van der Waals surface area (Å²) in [5.41, 5.74) is 3.55. The summed E-state index contributed by atoms with van der Waals surface area (Å²) in [5.74, 6) is -2.11. The fourth-order valence-corrected chi connectivity index (χ4v) is 3.08. The molecule has 0 bridgehead atoms. The Hall–Kier alpha value is -3.61. The smallest absolute Gasteiger partial charge is 0.368 e. The van der Waals surface area contributed by atoms with Crippen LogP contribution in [0.2, 0.25) is 0 Å². The molecule has 0 saturated carbocycles. The number of carbonyl (C=O) groups is 3.